The molecule has 0 radical (unpaired) electrons. The molecule has 1 aromatic heterocycles. The molecule has 0 aliphatic rings. The Kier molecular flexibility index (Phi) is 4.18. The van der Waals surface area contributed by atoms with Crippen molar-refractivity contribution in [1.82, 2.24) is 10.3 Å². The van der Waals surface area contributed by atoms with E-state index in [0.717, 1.165) is 25.9 Å². The van der Waals surface area contributed by atoms with E-state index in [9.17, 15) is 5.11 Å². The quantitative estimate of drug-likeness (QED) is 0.670. The Morgan fingerprint density at radius 1 is 1.35 bits per heavy atom. The fraction of sp³-hybridized carbons (Fsp3) is 0.429. The largest absolute Gasteiger partial charge is 0.393 e. The maximum atomic E-state index is 9.45. The molecular weight excluding hydrogens is 212 g/mol. The summed E-state index contributed by atoms with van der Waals surface area (Å²) in [6, 6.07) is 8.39. The number of rotatable bonds is 6. The van der Waals surface area contributed by atoms with Crippen molar-refractivity contribution in [3.05, 3.63) is 36.0 Å². The molecule has 3 heteroatoms. The molecule has 2 aromatic rings. The average Bonchev–Trinajstić information content (AvgIpc) is 2.83. The van der Waals surface area contributed by atoms with Crippen molar-refractivity contribution in [2.24, 2.45) is 0 Å². The second kappa shape index (κ2) is 5.84. The summed E-state index contributed by atoms with van der Waals surface area (Å²) in [6.45, 7) is 3.71. The molecule has 0 aliphatic carbocycles. The van der Waals surface area contributed by atoms with Gasteiger partial charge in [-0.2, -0.15) is 0 Å². The predicted molar refractivity (Wildman–Crippen MR) is 70.9 cm³/mol. The van der Waals surface area contributed by atoms with E-state index in [1.807, 2.05) is 13.1 Å². The molecule has 3 nitrogen and oxygen atoms in total. The third-order valence-corrected chi connectivity index (χ3v) is 3.13. The lowest BCUT2D eigenvalue weighted by Crippen LogP contribution is -2.19. The van der Waals surface area contributed by atoms with Gasteiger partial charge in [0.1, 0.15) is 0 Å². The maximum absolute atomic E-state index is 9.45. The number of hydrogen-bond acceptors (Lipinski definition) is 2. The number of benzene rings is 1. The van der Waals surface area contributed by atoms with Gasteiger partial charge in [0.15, 0.2) is 0 Å². The molecule has 2 rings (SSSR count). The molecule has 1 unspecified atom stereocenters. The van der Waals surface area contributed by atoms with Gasteiger partial charge in [0, 0.05) is 23.6 Å². The summed E-state index contributed by atoms with van der Waals surface area (Å²) in [5, 5.41) is 14.1. The number of aromatic nitrogens is 1. The van der Waals surface area contributed by atoms with Crippen LogP contribution in [0.4, 0.5) is 0 Å². The van der Waals surface area contributed by atoms with Crippen LogP contribution >= 0.6 is 0 Å². The zero-order valence-corrected chi connectivity index (χ0v) is 10.2. The number of aliphatic hydroxyl groups is 1. The van der Waals surface area contributed by atoms with Crippen LogP contribution in [0, 0.1) is 0 Å². The van der Waals surface area contributed by atoms with Crippen molar-refractivity contribution in [2.75, 3.05) is 6.54 Å². The van der Waals surface area contributed by atoms with Gasteiger partial charge in [-0.25, -0.2) is 0 Å². The van der Waals surface area contributed by atoms with E-state index < -0.39 is 0 Å². The first kappa shape index (κ1) is 12.1. The molecule has 0 fully saturated rings. The molecule has 0 bridgehead atoms. The summed E-state index contributed by atoms with van der Waals surface area (Å²) in [5.41, 5.74) is 2.48. The van der Waals surface area contributed by atoms with Gasteiger partial charge in [-0.3, -0.25) is 0 Å². The van der Waals surface area contributed by atoms with Gasteiger partial charge in [-0.15, -0.1) is 0 Å². The van der Waals surface area contributed by atoms with Crippen molar-refractivity contribution >= 4 is 10.9 Å². The number of hydrogen-bond donors (Lipinski definition) is 3. The van der Waals surface area contributed by atoms with E-state index in [0.29, 0.717) is 0 Å². The zero-order valence-electron chi connectivity index (χ0n) is 10.2. The molecule has 1 aromatic carbocycles. The number of aliphatic hydroxyl groups excluding tert-OH is 1. The minimum atomic E-state index is -0.175. The first-order valence-electron chi connectivity index (χ1n) is 6.25. The van der Waals surface area contributed by atoms with Gasteiger partial charge < -0.3 is 15.4 Å². The van der Waals surface area contributed by atoms with Crippen LogP contribution in [-0.4, -0.2) is 22.7 Å². The van der Waals surface area contributed by atoms with Crippen molar-refractivity contribution in [1.29, 1.82) is 0 Å². The Labute approximate surface area is 102 Å². The molecule has 0 saturated carbocycles. The summed E-state index contributed by atoms with van der Waals surface area (Å²) in [5.74, 6) is 0. The summed E-state index contributed by atoms with van der Waals surface area (Å²) in [7, 11) is 0. The molecule has 3 N–H and O–H groups in total. The van der Waals surface area contributed by atoms with Crippen LogP contribution in [0.25, 0.3) is 10.9 Å². The van der Waals surface area contributed by atoms with Gasteiger partial charge in [-0.05, 0) is 37.1 Å². The highest BCUT2D eigenvalue weighted by Crippen LogP contribution is 2.16. The highest BCUT2D eigenvalue weighted by molar-refractivity contribution is 5.82. The summed E-state index contributed by atoms with van der Waals surface area (Å²) in [6.07, 6.45) is 3.44. The van der Waals surface area contributed by atoms with E-state index >= 15 is 0 Å². The van der Waals surface area contributed by atoms with Crippen LogP contribution in [0.1, 0.15) is 25.3 Å². The first-order chi connectivity index (χ1) is 8.31. The first-order valence-corrected chi connectivity index (χ1v) is 6.25. The average molecular weight is 232 g/mol. The van der Waals surface area contributed by atoms with Gasteiger partial charge in [-0.1, -0.05) is 19.1 Å². The Morgan fingerprint density at radius 3 is 3.06 bits per heavy atom. The predicted octanol–water partition coefficient (Wildman–Crippen LogP) is 2.42. The molecule has 0 spiro atoms. The number of nitrogens with one attached hydrogen (secondary N) is 2. The molecule has 1 heterocycles. The second-order valence-corrected chi connectivity index (χ2v) is 4.38. The highest BCUT2D eigenvalue weighted by atomic mass is 16.3. The lowest BCUT2D eigenvalue weighted by molar-refractivity contribution is 0.159. The molecule has 17 heavy (non-hydrogen) atoms. The van der Waals surface area contributed by atoms with Gasteiger partial charge in [0.05, 0.1) is 6.10 Å². The zero-order chi connectivity index (χ0) is 12.1. The minimum absolute atomic E-state index is 0.175. The summed E-state index contributed by atoms with van der Waals surface area (Å²) >= 11 is 0. The monoisotopic (exact) mass is 232 g/mol. The molecular formula is C14H20N2O. The fourth-order valence-corrected chi connectivity index (χ4v) is 2.00. The molecule has 92 valence electrons. The van der Waals surface area contributed by atoms with Crippen molar-refractivity contribution in [3.8, 4) is 0 Å². The SMILES string of the molecule is CCC(O)CCNCc1cccc2[nH]ccc12. The second-order valence-electron chi connectivity index (χ2n) is 4.38. The van der Waals surface area contributed by atoms with Gasteiger partial charge in [0.25, 0.3) is 0 Å². The molecule has 0 amide bonds. The maximum Gasteiger partial charge on any atom is 0.0549 e. The van der Waals surface area contributed by atoms with Crippen LogP contribution in [0.3, 0.4) is 0 Å². The van der Waals surface area contributed by atoms with E-state index in [4.69, 9.17) is 0 Å². The molecule has 1 atom stereocenters. The number of aromatic amines is 1. The molecule has 0 aliphatic heterocycles. The Hall–Kier alpha value is -1.32. The van der Waals surface area contributed by atoms with Crippen molar-refractivity contribution < 1.29 is 5.11 Å². The standard InChI is InChI=1S/C14H20N2O/c1-2-12(17)6-8-15-10-11-4-3-5-14-13(11)7-9-16-14/h3-5,7,9,12,15-17H,2,6,8,10H2,1H3. The smallest absolute Gasteiger partial charge is 0.0549 e. The number of fused-ring (bicyclic) bond motifs is 1. The van der Waals surface area contributed by atoms with Gasteiger partial charge in [0.2, 0.25) is 0 Å². The minimum Gasteiger partial charge on any atom is -0.393 e. The lowest BCUT2D eigenvalue weighted by atomic mass is 10.1. The Balaban J connectivity index is 1.88. The molecule has 0 saturated heterocycles. The lowest BCUT2D eigenvalue weighted by Gasteiger charge is -2.09. The van der Waals surface area contributed by atoms with Crippen LogP contribution < -0.4 is 5.32 Å². The van der Waals surface area contributed by atoms with E-state index in [2.05, 4.69) is 34.6 Å². The van der Waals surface area contributed by atoms with Crippen molar-refractivity contribution in [3.63, 3.8) is 0 Å². The summed E-state index contributed by atoms with van der Waals surface area (Å²) in [4.78, 5) is 3.21. The van der Waals surface area contributed by atoms with Crippen LogP contribution in [0.2, 0.25) is 0 Å². The van der Waals surface area contributed by atoms with Crippen LogP contribution in [-0.2, 0) is 6.54 Å². The van der Waals surface area contributed by atoms with Crippen molar-refractivity contribution in [2.45, 2.75) is 32.4 Å². The van der Waals surface area contributed by atoms with Crippen LogP contribution in [0.15, 0.2) is 30.5 Å². The van der Waals surface area contributed by atoms with Crippen LogP contribution in [0.5, 0.6) is 0 Å². The number of H-pyrrole nitrogens is 1. The third kappa shape index (κ3) is 3.08. The van der Waals surface area contributed by atoms with Gasteiger partial charge >= 0.3 is 0 Å². The normalized spacial score (nSPS) is 13.1. The topological polar surface area (TPSA) is 48.0 Å². The highest BCUT2D eigenvalue weighted by Gasteiger charge is 2.02. The fourth-order valence-electron chi connectivity index (χ4n) is 2.00. The summed E-state index contributed by atoms with van der Waals surface area (Å²) < 4.78 is 0. The van der Waals surface area contributed by atoms with E-state index in [1.165, 1.54) is 16.5 Å². The Bertz CT molecular complexity index is 464. The van der Waals surface area contributed by atoms with E-state index in [-0.39, 0.29) is 6.10 Å². The Morgan fingerprint density at radius 2 is 2.24 bits per heavy atom. The van der Waals surface area contributed by atoms with E-state index in [1.54, 1.807) is 0 Å². The third-order valence-electron chi connectivity index (χ3n) is 3.13.